The van der Waals surface area contributed by atoms with Gasteiger partial charge in [0.2, 0.25) is 11.8 Å². The Bertz CT molecular complexity index is 946. The monoisotopic (exact) mass is 454 g/mol. The van der Waals surface area contributed by atoms with Crippen molar-refractivity contribution in [2.75, 3.05) is 63.2 Å². The van der Waals surface area contributed by atoms with E-state index in [9.17, 15) is 14.4 Å². The van der Waals surface area contributed by atoms with Crippen molar-refractivity contribution < 1.29 is 23.5 Å². The van der Waals surface area contributed by atoms with E-state index in [1.807, 2.05) is 24.3 Å². The van der Waals surface area contributed by atoms with Crippen LogP contribution in [0.5, 0.6) is 0 Å². The summed E-state index contributed by atoms with van der Waals surface area (Å²) in [5.41, 5.74) is 1.79. The van der Waals surface area contributed by atoms with Gasteiger partial charge in [-0.25, -0.2) is 0 Å². The van der Waals surface area contributed by atoms with Crippen molar-refractivity contribution in [1.29, 1.82) is 0 Å². The van der Waals surface area contributed by atoms with E-state index in [0.717, 1.165) is 32.0 Å². The van der Waals surface area contributed by atoms with Gasteiger partial charge in [0.25, 0.3) is 5.91 Å². The molecule has 0 spiro atoms. The minimum absolute atomic E-state index is 0.0183. The molecule has 0 radical (unpaired) electrons. The van der Waals surface area contributed by atoms with E-state index < -0.39 is 0 Å². The number of likely N-dealkylation sites (N-methyl/N-ethyl adjacent to an activating group) is 1. The van der Waals surface area contributed by atoms with Crippen LogP contribution < -0.4 is 10.2 Å². The molecule has 2 fully saturated rings. The molecule has 9 nitrogen and oxygen atoms in total. The van der Waals surface area contributed by atoms with Crippen molar-refractivity contribution in [3.63, 3.8) is 0 Å². The van der Waals surface area contributed by atoms with Crippen LogP contribution in [0.1, 0.15) is 23.4 Å². The molecule has 176 valence electrons. The van der Waals surface area contributed by atoms with Gasteiger partial charge in [0.15, 0.2) is 5.76 Å². The van der Waals surface area contributed by atoms with Gasteiger partial charge in [0.05, 0.1) is 26.0 Å². The largest absolute Gasteiger partial charge is 0.459 e. The highest BCUT2D eigenvalue weighted by Gasteiger charge is 2.30. The third kappa shape index (κ3) is 5.73. The smallest absolute Gasteiger partial charge is 0.289 e. The topological polar surface area (TPSA) is 95.3 Å². The molecule has 2 aromatic rings. The van der Waals surface area contributed by atoms with Crippen molar-refractivity contribution in [3.05, 3.63) is 48.4 Å². The molecule has 3 amide bonds. The maximum absolute atomic E-state index is 12.8. The SMILES string of the molecule is CN(CC(=O)Nc1ccc(N2CCOCC2)cc1)C(=O)C1CCN(C(=O)c2ccco2)CC1. The van der Waals surface area contributed by atoms with Gasteiger partial charge in [-0.15, -0.1) is 0 Å². The fraction of sp³-hybridized carbons (Fsp3) is 0.458. The van der Waals surface area contributed by atoms with Crippen molar-refractivity contribution >= 4 is 29.1 Å². The zero-order valence-electron chi connectivity index (χ0n) is 18.9. The van der Waals surface area contributed by atoms with E-state index in [2.05, 4.69) is 10.2 Å². The average molecular weight is 455 g/mol. The predicted molar refractivity (Wildman–Crippen MR) is 123 cm³/mol. The molecule has 4 rings (SSSR count). The normalized spacial score (nSPS) is 17.0. The second kappa shape index (κ2) is 10.5. The van der Waals surface area contributed by atoms with Crippen LogP contribution in [0, 0.1) is 5.92 Å². The molecule has 1 N–H and O–H groups in total. The van der Waals surface area contributed by atoms with Gasteiger partial charge >= 0.3 is 0 Å². The van der Waals surface area contributed by atoms with Gasteiger partial charge in [-0.2, -0.15) is 0 Å². The van der Waals surface area contributed by atoms with Gasteiger partial charge in [-0.1, -0.05) is 0 Å². The molecular formula is C24H30N4O5. The summed E-state index contributed by atoms with van der Waals surface area (Å²) in [6.07, 6.45) is 2.61. The molecule has 2 aliphatic rings. The highest BCUT2D eigenvalue weighted by molar-refractivity contribution is 5.95. The van der Waals surface area contributed by atoms with Gasteiger partial charge in [-0.3, -0.25) is 14.4 Å². The molecular weight excluding hydrogens is 424 g/mol. The molecule has 1 aromatic carbocycles. The third-order valence-corrected chi connectivity index (χ3v) is 6.15. The molecule has 0 aliphatic carbocycles. The zero-order chi connectivity index (χ0) is 23.2. The standard InChI is InChI=1S/C24H30N4O5/c1-26(23(30)18-8-10-28(11-9-18)24(31)21-3-2-14-33-21)17-22(29)25-19-4-6-20(7-5-19)27-12-15-32-16-13-27/h2-7,14,18H,8-13,15-17H2,1H3,(H,25,29). The van der Waals surface area contributed by atoms with E-state index >= 15 is 0 Å². The highest BCUT2D eigenvalue weighted by Crippen LogP contribution is 2.22. The first-order valence-electron chi connectivity index (χ1n) is 11.3. The van der Waals surface area contributed by atoms with Crippen LogP contribution >= 0.6 is 0 Å². The maximum Gasteiger partial charge on any atom is 0.289 e. The number of hydrogen-bond acceptors (Lipinski definition) is 6. The van der Waals surface area contributed by atoms with E-state index in [1.54, 1.807) is 24.1 Å². The molecule has 0 unspecified atom stereocenters. The van der Waals surface area contributed by atoms with Gasteiger partial charge in [0.1, 0.15) is 0 Å². The summed E-state index contributed by atoms with van der Waals surface area (Å²) < 4.78 is 10.5. The number of hydrogen-bond donors (Lipinski definition) is 1. The van der Waals surface area contributed by atoms with Crippen LogP contribution in [0.15, 0.2) is 47.1 Å². The molecule has 2 saturated heterocycles. The summed E-state index contributed by atoms with van der Waals surface area (Å²) in [4.78, 5) is 43.1. The van der Waals surface area contributed by atoms with Crippen molar-refractivity contribution in [2.45, 2.75) is 12.8 Å². The first-order chi connectivity index (χ1) is 16.0. The van der Waals surface area contributed by atoms with E-state index in [-0.39, 0.29) is 30.2 Å². The Hall–Kier alpha value is -3.33. The fourth-order valence-corrected chi connectivity index (χ4v) is 4.27. The second-order valence-electron chi connectivity index (χ2n) is 8.43. The first kappa shape index (κ1) is 22.8. The van der Waals surface area contributed by atoms with E-state index in [0.29, 0.717) is 37.4 Å². The Balaban J connectivity index is 1.22. The summed E-state index contributed by atoms with van der Waals surface area (Å²) in [7, 11) is 1.64. The summed E-state index contributed by atoms with van der Waals surface area (Å²) in [5, 5.41) is 2.86. The molecule has 9 heteroatoms. The minimum Gasteiger partial charge on any atom is -0.459 e. The summed E-state index contributed by atoms with van der Waals surface area (Å²) in [6.45, 7) is 4.12. The lowest BCUT2D eigenvalue weighted by Crippen LogP contribution is -2.45. The molecule has 33 heavy (non-hydrogen) atoms. The number of anilines is 2. The van der Waals surface area contributed by atoms with Crippen LogP contribution in [-0.2, 0) is 14.3 Å². The Labute approximate surface area is 193 Å². The maximum atomic E-state index is 12.8. The quantitative estimate of drug-likeness (QED) is 0.718. The summed E-state index contributed by atoms with van der Waals surface area (Å²) >= 11 is 0. The van der Waals surface area contributed by atoms with Crippen LogP contribution in [-0.4, -0.2) is 80.5 Å². The number of nitrogens with zero attached hydrogens (tertiary/aromatic N) is 3. The number of piperidine rings is 1. The molecule has 1 aromatic heterocycles. The Morgan fingerprint density at radius 1 is 1.03 bits per heavy atom. The van der Waals surface area contributed by atoms with Gasteiger partial charge in [-0.05, 0) is 49.2 Å². The first-order valence-corrected chi connectivity index (χ1v) is 11.3. The van der Waals surface area contributed by atoms with Gasteiger partial charge in [0, 0.05) is 50.5 Å². The Kier molecular flexibility index (Phi) is 7.29. The van der Waals surface area contributed by atoms with Crippen LogP contribution in [0.2, 0.25) is 0 Å². The summed E-state index contributed by atoms with van der Waals surface area (Å²) in [6, 6.07) is 11.0. The Morgan fingerprint density at radius 3 is 2.36 bits per heavy atom. The van der Waals surface area contributed by atoms with E-state index in [1.165, 1.54) is 11.2 Å². The lowest BCUT2D eigenvalue weighted by Gasteiger charge is -2.32. The number of likely N-dealkylation sites (tertiary alicyclic amines) is 1. The van der Waals surface area contributed by atoms with Crippen LogP contribution in [0.3, 0.4) is 0 Å². The predicted octanol–water partition coefficient (Wildman–Crippen LogP) is 2.07. The zero-order valence-corrected chi connectivity index (χ0v) is 18.9. The third-order valence-electron chi connectivity index (χ3n) is 6.15. The fourth-order valence-electron chi connectivity index (χ4n) is 4.27. The number of nitrogens with one attached hydrogen (secondary N) is 1. The summed E-state index contributed by atoms with van der Waals surface area (Å²) in [5.74, 6) is -0.352. The van der Waals surface area contributed by atoms with Gasteiger partial charge < -0.3 is 29.2 Å². The van der Waals surface area contributed by atoms with E-state index in [4.69, 9.17) is 9.15 Å². The lowest BCUT2D eigenvalue weighted by atomic mass is 9.95. The van der Waals surface area contributed by atoms with Crippen molar-refractivity contribution in [2.24, 2.45) is 5.92 Å². The molecule has 0 atom stereocenters. The number of morpholine rings is 1. The number of amides is 3. The second-order valence-corrected chi connectivity index (χ2v) is 8.43. The lowest BCUT2D eigenvalue weighted by molar-refractivity contribution is -0.138. The Morgan fingerprint density at radius 2 is 1.73 bits per heavy atom. The highest BCUT2D eigenvalue weighted by atomic mass is 16.5. The number of carbonyl (C=O) groups is 3. The van der Waals surface area contributed by atoms with Crippen molar-refractivity contribution in [3.8, 4) is 0 Å². The van der Waals surface area contributed by atoms with Crippen molar-refractivity contribution in [1.82, 2.24) is 9.80 Å². The molecule has 2 aliphatic heterocycles. The molecule has 0 saturated carbocycles. The van der Waals surface area contributed by atoms with Crippen LogP contribution in [0.25, 0.3) is 0 Å². The molecule has 3 heterocycles. The molecule has 0 bridgehead atoms. The van der Waals surface area contributed by atoms with Crippen LogP contribution in [0.4, 0.5) is 11.4 Å². The number of carbonyl (C=O) groups excluding carboxylic acids is 3. The minimum atomic E-state index is -0.240. The average Bonchev–Trinajstić information content (AvgIpc) is 3.39. The number of benzene rings is 1. The number of rotatable bonds is 6. The number of furan rings is 1. The number of ether oxygens (including phenoxy) is 1.